The summed E-state index contributed by atoms with van der Waals surface area (Å²) >= 11 is 0. The maximum atomic E-state index is 12.5. The molecule has 0 radical (unpaired) electrons. The molecule has 1 nitrogen and oxygen atoms in total. The van der Waals surface area contributed by atoms with E-state index in [0.29, 0.717) is 18.4 Å². The number of halogens is 3. The number of hydrogen-bond donors (Lipinski definition) is 1. The van der Waals surface area contributed by atoms with Crippen LogP contribution in [-0.2, 0) is 11.7 Å². The fraction of sp³-hybridized carbons (Fsp3) is 0.538. The van der Waals surface area contributed by atoms with E-state index in [4.69, 9.17) is 5.73 Å². The van der Waals surface area contributed by atoms with Gasteiger partial charge in [0, 0.05) is 5.54 Å². The quantitative estimate of drug-likeness (QED) is 0.856. The molecule has 1 aromatic rings. The zero-order chi connectivity index (χ0) is 13.3. The van der Waals surface area contributed by atoms with E-state index in [1.54, 1.807) is 6.92 Å². The van der Waals surface area contributed by atoms with Crippen molar-refractivity contribution < 1.29 is 13.2 Å². The number of aryl methyl sites for hydroxylation is 1. The van der Waals surface area contributed by atoms with Crippen molar-refractivity contribution in [3.8, 4) is 0 Å². The first-order chi connectivity index (χ1) is 7.74. The van der Waals surface area contributed by atoms with Gasteiger partial charge in [-0.1, -0.05) is 19.9 Å². The maximum absolute atomic E-state index is 12.5. The van der Waals surface area contributed by atoms with E-state index in [1.165, 1.54) is 12.1 Å². The van der Waals surface area contributed by atoms with E-state index in [1.807, 2.05) is 13.8 Å². The largest absolute Gasteiger partial charge is 0.416 e. The van der Waals surface area contributed by atoms with Crippen molar-refractivity contribution in [2.75, 3.05) is 0 Å². The average Bonchev–Trinajstić information content (AvgIpc) is 2.26. The minimum absolute atomic E-state index is 0.534. The molecule has 1 rings (SSSR count). The van der Waals surface area contributed by atoms with Crippen molar-refractivity contribution in [1.29, 1.82) is 0 Å². The summed E-state index contributed by atoms with van der Waals surface area (Å²) in [5, 5.41) is 0. The first-order valence-electron chi connectivity index (χ1n) is 5.71. The maximum Gasteiger partial charge on any atom is 0.416 e. The molecule has 0 bridgehead atoms. The smallest absolute Gasteiger partial charge is 0.321 e. The Morgan fingerprint density at radius 1 is 1.12 bits per heavy atom. The van der Waals surface area contributed by atoms with Crippen LogP contribution < -0.4 is 5.73 Å². The zero-order valence-corrected chi connectivity index (χ0v) is 10.4. The van der Waals surface area contributed by atoms with Crippen LogP contribution in [0.25, 0.3) is 0 Å². The van der Waals surface area contributed by atoms with Crippen molar-refractivity contribution in [3.63, 3.8) is 0 Å². The molecule has 96 valence electrons. The lowest BCUT2D eigenvalue weighted by Gasteiger charge is -2.29. The van der Waals surface area contributed by atoms with Gasteiger partial charge in [0.25, 0.3) is 0 Å². The van der Waals surface area contributed by atoms with Crippen molar-refractivity contribution in [3.05, 3.63) is 34.9 Å². The first-order valence-corrected chi connectivity index (χ1v) is 5.71. The first kappa shape index (κ1) is 14.0. The Kier molecular flexibility index (Phi) is 3.87. The number of nitrogens with two attached hydrogens (primary N) is 1. The van der Waals surface area contributed by atoms with E-state index >= 15 is 0 Å². The Labute approximate surface area is 99.8 Å². The van der Waals surface area contributed by atoms with Gasteiger partial charge in [-0.15, -0.1) is 0 Å². The molecule has 2 N–H and O–H groups in total. The van der Waals surface area contributed by atoms with Gasteiger partial charge in [-0.25, -0.2) is 0 Å². The molecule has 17 heavy (non-hydrogen) atoms. The van der Waals surface area contributed by atoms with Crippen LogP contribution in [-0.4, -0.2) is 0 Å². The third-order valence-corrected chi connectivity index (χ3v) is 3.35. The minimum atomic E-state index is -4.29. The van der Waals surface area contributed by atoms with Gasteiger partial charge >= 0.3 is 6.18 Å². The fourth-order valence-electron chi connectivity index (χ4n) is 2.03. The predicted molar refractivity (Wildman–Crippen MR) is 62.6 cm³/mol. The molecular formula is C13H18F3N. The summed E-state index contributed by atoms with van der Waals surface area (Å²) in [6, 6.07) is 3.78. The lowest BCUT2D eigenvalue weighted by molar-refractivity contribution is -0.137. The van der Waals surface area contributed by atoms with Crippen molar-refractivity contribution >= 4 is 0 Å². The second-order valence-electron chi connectivity index (χ2n) is 4.39. The van der Waals surface area contributed by atoms with Gasteiger partial charge in [-0.3, -0.25) is 0 Å². The van der Waals surface area contributed by atoms with Gasteiger partial charge < -0.3 is 5.73 Å². The second-order valence-corrected chi connectivity index (χ2v) is 4.39. The predicted octanol–water partition coefficient (Wildman–Crippen LogP) is 3.99. The Morgan fingerprint density at radius 2 is 1.65 bits per heavy atom. The molecule has 0 fully saturated rings. The summed E-state index contributed by atoms with van der Waals surface area (Å²) in [6.45, 7) is 5.57. The lowest BCUT2D eigenvalue weighted by Crippen LogP contribution is -2.36. The zero-order valence-electron chi connectivity index (χ0n) is 10.4. The molecule has 0 aliphatic rings. The van der Waals surface area contributed by atoms with Gasteiger partial charge in [0.1, 0.15) is 0 Å². The fourth-order valence-corrected chi connectivity index (χ4v) is 2.03. The highest BCUT2D eigenvalue weighted by Crippen LogP contribution is 2.34. The number of hydrogen-bond acceptors (Lipinski definition) is 1. The third kappa shape index (κ3) is 2.80. The highest BCUT2D eigenvalue weighted by molar-refractivity contribution is 5.37. The van der Waals surface area contributed by atoms with Gasteiger partial charge in [0.15, 0.2) is 0 Å². The van der Waals surface area contributed by atoms with Crippen LogP contribution in [0.4, 0.5) is 13.2 Å². The molecule has 0 spiro atoms. The average molecular weight is 245 g/mol. The molecule has 0 heterocycles. The molecule has 0 saturated heterocycles. The SMILES string of the molecule is CCC(N)(CC)c1ccc(C(F)(F)F)cc1C. The van der Waals surface area contributed by atoms with Gasteiger partial charge in [-0.05, 0) is 43.0 Å². The molecule has 0 atom stereocenters. The van der Waals surface area contributed by atoms with Crippen LogP contribution in [0.5, 0.6) is 0 Å². The lowest BCUT2D eigenvalue weighted by atomic mass is 9.83. The summed E-state index contributed by atoms with van der Waals surface area (Å²) < 4.78 is 37.6. The monoisotopic (exact) mass is 245 g/mol. The summed E-state index contributed by atoms with van der Waals surface area (Å²) in [4.78, 5) is 0. The van der Waals surface area contributed by atoms with Crippen LogP contribution in [0.2, 0.25) is 0 Å². The standard InChI is InChI=1S/C13H18F3N/c1-4-12(17,5-2)11-7-6-10(8-9(11)3)13(14,15)16/h6-8H,4-5,17H2,1-3H3. The van der Waals surface area contributed by atoms with E-state index < -0.39 is 17.3 Å². The number of benzene rings is 1. The Hall–Kier alpha value is -1.03. The summed E-state index contributed by atoms with van der Waals surface area (Å²) in [5.74, 6) is 0. The molecule has 0 aliphatic heterocycles. The topological polar surface area (TPSA) is 26.0 Å². The molecule has 0 unspecified atom stereocenters. The molecule has 0 saturated carbocycles. The molecular weight excluding hydrogens is 227 g/mol. The summed E-state index contributed by atoms with van der Waals surface area (Å²) in [6.07, 6.45) is -2.88. The van der Waals surface area contributed by atoms with Crippen molar-refractivity contribution in [2.24, 2.45) is 5.73 Å². The van der Waals surface area contributed by atoms with E-state index in [-0.39, 0.29) is 0 Å². The van der Waals surface area contributed by atoms with Crippen LogP contribution >= 0.6 is 0 Å². The Balaban J connectivity index is 3.23. The van der Waals surface area contributed by atoms with E-state index in [0.717, 1.165) is 11.6 Å². The third-order valence-electron chi connectivity index (χ3n) is 3.35. The second kappa shape index (κ2) is 4.69. The Morgan fingerprint density at radius 3 is 2.00 bits per heavy atom. The summed E-state index contributed by atoms with van der Waals surface area (Å²) in [7, 11) is 0. The summed E-state index contributed by atoms with van der Waals surface area (Å²) in [5.41, 5.74) is 6.45. The minimum Gasteiger partial charge on any atom is -0.321 e. The number of rotatable bonds is 3. The normalized spacial score (nSPS) is 12.9. The highest BCUT2D eigenvalue weighted by Gasteiger charge is 2.32. The van der Waals surface area contributed by atoms with E-state index in [2.05, 4.69) is 0 Å². The van der Waals surface area contributed by atoms with Crippen LogP contribution in [0.1, 0.15) is 43.4 Å². The van der Waals surface area contributed by atoms with Crippen LogP contribution in [0.3, 0.4) is 0 Å². The van der Waals surface area contributed by atoms with Gasteiger partial charge in [0.2, 0.25) is 0 Å². The van der Waals surface area contributed by atoms with Gasteiger partial charge in [-0.2, -0.15) is 13.2 Å². The molecule has 0 amide bonds. The van der Waals surface area contributed by atoms with E-state index in [9.17, 15) is 13.2 Å². The molecule has 1 aromatic carbocycles. The number of alkyl halides is 3. The molecule has 0 aliphatic carbocycles. The van der Waals surface area contributed by atoms with Crippen LogP contribution in [0.15, 0.2) is 18.2 Å². The Bertz CT molecular complexity index is 392. The van der Waals surface area contributed by atoms with Gasteiger partial charge in [0.05, 0.1) is 5.56 Å². The molecule has 4 heteroatoms. The molecule has 0 aromatic heterocycles. The van der Waals surface area contributed by atoms with Crippen LogP contribution in [0, 0.1) is 6.92 Å². The van der Waals surface area contributed by atoms with Crippen molar-refractivity contribution in [1.82, 2.24) is 0 Å². The highest BCUT2D eigenvalue weighted by atomic mass is 19.4. The van der Waals surface area contributed by atoms with Crippen molar-refractivity contribution in [2.45, 2.75) is 45.3 Å².